The Morgan fingerprint density at radius 3 is 0.755 bits per heavy atom. The summed E-state index contributed by atoms with van der Waals surface area (Å²) in [6.07, 6.45) is -44.9. The zero-order valence-electron chi connectivity index (χ0n) is 75.3. The fourth-order valence-electron chi connectivity index (χ4n) is 14.1. The predicted molar refractivity (Wildman–Crippen MR) is 437 cm³/mol. The number of aromatic nitrogens is 12. The van der Waals surface area contributed by atoms with Gasteiger partial charge in [0.2, 0.25) is 45.9 Å². The Hall–Kier alpha value is -11.1. The molecule has 0 aliphatic carbocycles. The smallest absolute Gasteiger partial charge is 0.426 e. The van der Waals surface area contributed by atoms with E-state index in [-0.39, 0.29) is 107 Å². The number of carbonyl (C=O) groups is 2. The van der Waals surface area contributed by atoms with E-state index in [1.54, 1.807) is 27.7 Å². The average Bonchev–Trinajstić information content (AvgIpc) is 1.71. The van der Waals surface area contributed by atoms with Crippen LogP contribution >= 0.6 is 12.4 Å². The Bertz CT molecular complexity index is 5100. The van der Waals surface area contributed by atoms with Crippen LogP contribution in [-0.2, 0) is 56.6 Å². The molecule has 0 fully saturated rings. The minimum atomic E-state index is -5.29. The summed E-state index contributed by atoms with van der Waals surface area (Å²) >= 11 is 0. The predicted octanol–water partition coefficient (Wildman–Crippen LogP) is 21.9. The number of halogens is 25. The van der Waals surface area contributed by atoms with Crippen LogP contribution in [-0.4, -0.2) is 154 Å². The Morgan fingerprint density at radius 2 is 0.554 bits per heavy atom. The zero-order valence-corrected chi connectivity index (χ0v) is 76.1. The van der Waals surface area contributed by atoms with E-state index in [1.807, 2.05) is 0 Å². The third kappa shape index (κ3) is 27.0. The highest BCUT2D eigenvalue weighted by molar-refractivity contribution is 6.11. The molecule has 4 aliphatic heterocycles. The molecule has 776 valence electrons. The Kier molecular flexibility index (Phi) is 35.2. The van der Waals surface area contributed by atoms with Gasteiger partial charge in [0.1, 0.15) is 57.9 Å². The minimum Gasteiger partial charge on any atom is -0.474 e. The zero-order chi connectivity index (χ0) is 103. The van der Waals surface area contributed by atoms with Gasteiger partial charge in [-0.3, -0.25) is 0 Å². The molecule has 57 heteroatoms. The highest BCUT2D eigenvalue weighted by Gasteiger charge is 2.63. The van der Waals surface area contributed by atoms with Crippen molar-refractivity contribution in [2.45, 2.75) is 331 Å². The lowest BCUT2D eigenvalue weighted by Gasteiger charge is -2.30. The maximum Gasteiger partial charge on any atom is 0.426 e. The van der Waals surface area contributed by atoms with Gasteiger partial charge in [-0.2, -0.15) is 110 Å². The highest BCUT2D eigenvalue weighted by atomic mass is 35.5. The van der Waals surface area contributed by atoms with Gasteiger partial charge in [0, 0.05) is 0 Å². The van der Waals surface area contributed by atoms with Crippen molar-refractivity contribution in [2.75, 3.05) is 22.1 Å². The number of nitrogens with two attached hydrogens (primary N) is 3. The summed E-state index contributed by atoms with van der Waals surface area (Å²) in [5, 5.41) is 68.7. The number of aliphatic hydroxyl groups is 4. The average molecular weight is 2050 g/mol. The van der Waals surface area contributed by atoms with Crippen LogP contribution < -0.4 is 41.0 Å². The first-order valence-corrected chi connectivity index (χ1v) is 42.8. The van der Waals surface area contributed by atoms with E-state index in [1.165, 1.54) is 41.5 Å². The second kappa shape index (κ2) is 43.2. The third-order valence-electron chi connectivity index (χ3n) is 21.6. The van der Waals surface area contributed by atoms with Crippen LogP contribution in [0.15, 0.2) is 41.9 Å². The van der Waals surface area contributed by atoms with Gasteiger partial charge in [-0.1, -0.05) is 53.4 Å². The van der Waals surface area contributed by atoms with E-state index >= 15 is 0 Å². The molecule has 12 heterocycles. The summed E-state index contributed by atoms with van der Waals surface area (Å²) in [4.78, 5) is 42.0. The molecule has 8 aromatic heterocycles. The summed E-state index contributed by atoms with van der Waals surface area (Å²) in [7, 11) is 0. The summed E-state index contributed by atoms with van der Waals surface area (Å²) in [5.74, 6) is -11.1. The van der Waals surface area contributed by atoms with Crippen molar-refractivity contribution in [1.82, 2.24) is 60.7 Å². The molecule has 8 aromatic rings. The number of amides is 2. The lowest BCUT2D eigenvalue weighted by molar-refractivity contribution is -0.277. The maximum atomic E-state index is 14.5. The van der Waals surface area contributed by atoms with Crippen molar-refractivity contribution in [2.24, 2.45) is 0 Å². The normalized spacial score (nSPS) is 22.0. The number of ether oxygens (including phenoxy) is 6. The number of alkyl halides is 24. The van der Waals surface area contributed by atoms with Gasteiger partial charge >= 0.3 is 61.6 Å². The van der Waals surface area contributed by atoms with Gasteiger partial charge in [-0.15, -0.1) is 53.2 Å². The van der Waals surface area contributed by atoms with E-state index in [4.69, 9.17) is 63.3 Å². The lowest BCUT2D eigenvalue weighted by atomic mass is 9.94. The van der Waals surface area contributed by atoms with Gasteiger partial charge in [0.25, 0.3) is 47.1 Å². The van der Waals surface area contributed by atoms with Crippen molar-refractivity contribution in [3.05, 3.63) is 70.1 Å². The molecule has 12 rings (SSSR count). The molecular formula is C82H97ClF24N16O16. The lowest BCUT2D eigenvalue weighted by Crippen LogP contribution is -2.44. The van der Waals surface area contributed by atoms with Gasteiger partial charge < -0.3 is 83.7 Å². The first-order valence-electron chi connectivity index (χ1n) is 42.8. The van der Waals surface area contributed by atoms with Crippen molar-refractivity contribution in [3.63, 3.8) is 0 Å². The minimum absolute atomic E-state index is 0. The van der Waals surface area contributed by atoms with Gasteiger partial charge in [-0.25, -0.2) is 29.5 Å². The summed E-state index contributed by atoms with van der Waals surface area (Å²) in [6.45, 7) is 15.3. The van der Waals surface area contributed by atoms with Crippen LogP contribution in [0.1, 0.15) is 269 Å². The number of carbonyl (C=O) groups excluding carboxylic acids is 2. The number of nitrogens with zero attached hydrogens (tertiary/aromatic N) is 13. The molecule has 4 aliphatic rings. The third-order valence-corrected chi connectivity index (χ3v) is 21.6. The van der Waals surface area contributed by atoms with Crippen LogP contribution in [0.5, 0.6) is 23.5 Å². The summed E-state index contributed by atoms with van der Waals surface area (Å²) in [5.41, 5.74) is -9.52. The van der Waals surface area contributed by atoms with E-state index in [9.17, 15) is 135 Å². The Morgan fingerprint density at radius 1 is 0.345 bits per heavy atom. The molecule has 0 saturated heterocycles. The summed E-state index contributed by atoms with van der Waals surface area (Å²) in [6, 6.07) is 1.99. The number of hydrogen-bond acceptors (Lipinski definition) is 31. The molecule has 16 bridgehead atoms. The monoisotopic (exact) mass is 2050 g/mol. The van der Waals surface area contributed by atoms with Crippen LogP contribution in [0.25, 0.3) is 46.3 Å². The first-order chi connectivity index (χ1) is 63.6. The summed E-state index contributed by atoms with van der Waals surface area (Å²) < 4.78 is 383. The second-order valence-corrected chi connectivity index (χ2v) is 34.4. The molecule has 8 atom stereocenters. The van der Waals surface area contributed by atoms with Crippen LogP contribution in [0.2, 0.25) is 0 Å². The SMILES string of the molecule is CCC1CCCCC[C@](O)(C(F)(F)F)c2nnc(o2)-c2nc(c(C(F)(F)F)cc2N(C(=O)OC(C)(C)C)C(=O)OC(C)(C)C)O1.CCC1CCCCC[C@](O)(C(F)(F)F)c2nnc(o2)-c2nc(c(C(F)(F)F)cc2N)O1.CCC1CCCCC[C@](O)(C(F)(F)F)c2nnc(o2)-c2nc(c(C(F)(F)F)cc2N)O1.CCC1CCCCC[C@](O)(C(F)(F)F)c2nnc(o2)-c2nc(c(C(F)(F)F)cc2N)O1.Cl. The molecule has 4 unspecified atom stereocenters. The number of anilines is 4. The van der Waals surface area contributed by atoms with E-state index in [2.05, 4.69) is 60.7 Å². The molecule has 10 N–H and O–H groups in total. The quantitative estimate of drug-likeness (QED) is 0.0787. The molecule has 2 amide bonds. The number of pyridine rings is 4. The van der Waals surface area contributed by atoms with Crippen LogP contribution in [0, 0.1) is 0 Å². The Labute approximate surface area is 779 Å². The standard InChI is InChI=1S/C28H36F6N4O7.3C18H20F6N4O3.ClH/c1-8-15-12-10-9-11-13-26(41,28(32,33)34)21-37-36-20(43-21)18-17(14-16(27(29,30)31)19(35-18)42-15)38(22(39)44-24(2,3)4)23(40)45-25(5,6)7;3*1-2-9-6-4-3-5-7-16(29,18(22,23)24)15-28-27-14(31-15)12-11(25)8-10(17(19,20)21)13(26-12)30-9;/h14-15,41H,8-13H2,1-7H3;3*8-9,29H,2-7,25H2,1H3;1H/t15?,26-;3*9?,16-;/m1111./s1. The van der Waals surface area contributed by atoms with E-state index in [0.717, 1.165) is 0 Å². The van der Waals surface area contributed by atoms with Crippen LogP contribution in [0.4, 0.5) is 138 Å². The van der Waals surface area contributed by atoms with Gasteiger partial charge in [0.15, 0.2) is 22.8 Å². The number of nitrogen functional groups attached to an aromatic ring is 3. The van der Waals surface area contributed by atoms with Gasteiger partial charge in [-0.05, 0) is 194 Å². The van der Waals surface area contributed by atoms with Crippen molar-refractivity contribution >= 4 is 47.3 Å². The maximum absolute atomic E-state index is 14.5. The molecule has 32 nitrogen and oxygen atoms in total. The number of rotatable bonds is 5. The molecule has 0 spiro atoms. The molecular weight excluding hydrogens is 1960 g/mol. The number of imide groups is 1. The number of hydrogen-bond donors (Lipinski definition) is 7. The van der Waals surface area contributed by atoms with Crippen molar-refractivity contribution in [1.29, 1.82) is 0 Å². The molecule has 139 heavy (non-hydrogen) atoms. The molecule has 0 radical (unpaired) electrons. The van der Waals surface area contributed by atoms with Crippen molar-refractivity contribution in [3.8, 4) is 69.9 Å². The van der Waals surface area contributed by atoms with E-state index < -0.39 is 284 Å². The van der Waals surface area contributed by atoms with Gasteiger partial charge in [0.05, 0.1) is 22.7 Å². The second-order valence-electron chi connectivity index (χ2n) is 34.4. The first kappa shape index (κ1) is 113. The molecule has 0 saturated carbocycles. The highest BCUT2D eigenvalue weighted by Crippen LogP contribution is 2.53. The number of fused-ring (bicyclic) bond motifs is 20. The fourth-order valence-corrected chi connectivity index (χ4v) is 14.1. The van der Waals surface area contributed by atoms with Crippen LogP contribution in [0.3, 0.4) is 0 Å². The molecule has 0 aromatic carbocycles. The topological polar surface area (TPSA) is 459 Å². The fraction of sp³-hybridized carbons (Fsp3) is 0.634. The van der Waals surface area contributed by atoms with Crippen molar-refractivity contribution < 1.29 is 181 Å². The van der Waals surface area contributed by atoms with E-state index in [0.29, 0.717) is 62.8 Å². The largest absolute Gasteiger partial charge is 0.474 e. The Balaban J connectivity index is 0.000000230.